The largest absolute Gasteiger partial charge is 0.481 e. The van der Waals surface area contributed by atoms with Crippen molar-refractivity contribution in [1.82, 2.24) is 15.0 Å². The highest BCUT2D eigenvalue weighted by Gasteiger charge is 2.14. The lowest BCUT2D eigenvalue weighted by Crippen LogP contribution is -2.21. The number of para-hydroxylation sites is 1. The van der Waals surface area contributed by atoms with Gasteiger partial charge in [0.15, 0.2) is 6.61 Å². The van der Waals surface area contributed by atoms with Crippen LogP contribution in [-0.2, 0) is 11.2 Å². The van der Waals surface area contributed by atoms with E-state index in [2.05, 4.69) is 15.5 Å². The Bertz CT molecular complexity index is 1430. The van der Waals surface area contributed by atoms with Gasteiger partial charge in [0.25, 0.3) is 5.91 Å². The second-order valence-corrected chi connectivity index (χ2v) is 8.00. The molecule has 0 aliphatic heterocycles. The zero-order chi connectivity index (χ0) is 24.0. The number of aliphatic hydroxyl groups is 1. The number of carbonyl (C=O) groups excluding carboxylic acids is 1. The highest BCUT2D eigenvalue weighted by atomic mass is 16.5. The van der Waals surface area contributed by atoms with Crippen molar-refractivity contribution in [3.05, 3.63) is 103 Å². The molecule has 0 spiro atoms. The smallest absolute Gasteiger partial charge is 0.262 e. The number of ether oxygens (including phenoxy) is 1. The number of aromatic nitrogens is 3. The van der Waals surface area contributed by atoms with Crippen LogP contribution in [0.25, 0.3) is 27.8 Å². The molecule has 1 amide bonds. The molecule has 5 rings (SSSR count). The van der Waals surface area contributed by atoms with Gasteiger partial charge in [0.1, 0.15) is 22.5 Å². The molecule has 35 heavy (non-hydrogen) atoms. The maximum absolute atomic E-state index is 12.8. The Morgan fingerprint density at radius 1 is 0.857 bits per heavy atom. The number of rotatable bonds is 8. The summed E-state index contributed by atoms with van der Waals surface area (Å²) in [6.45, 7) is -0.159. The van der Waals surface area contributed by atoms with Gasteiger partial charge in [0.2, 0.25) is 0 Å². The highest BCUT2D eigenvalue weighted by molar-refractivity contribution is 5.96. The maximum Gasteiger partial charge on any atom is 0.262 e. The van der Waals surface area contributed by atoms with Crippen LogP contribution in [0.3, 0.4) is 0 Å². The lowest BCUT2D eigenvalue weighted by Gasteiger charge is -2.14. The first-order valence-electron chi connectivity index (χ1n) is 11.3. The van der Waals surface area contributed by atoms with E-state index in [-0.39, 0.29) is 19.1 Å². The summed E-state index contributed by atoms with van der Waals surface area (Å²) in [7, 11) is 0. The van der Waals surface area contributed by atoms with Crippen molar-refractivity contribution < 1.29 is 14.6 Å². The van der Waals surface area contributed by atoms with Crippen molar-refractivity contribution in [3.8, 4) is 22.6 Å². The van der Waals surface area contributed by atoms with Crippen molar-refractivity contribution in [2.75, 3.05) is 18.5 Å². The number of carbonyl (C=O) groups is 1. The molecule has 1 heterocycles. The predicted octanol–water partition coefficient (Wildman–Crippen LogP) is 4.64. The van der Waals surface area contributed by atoms with Crippen molar-refractivity contribution in [1.29, 1.82) is 0 Å². The number of nitrogens with zero attached hydrogens (tertiary/aromatic N) is 3. The van der Waals surface area contributed by atoms with E-state index < -0.39 is 0 Å². The molecule has 7 heteroatoms. The van der Waals surface area contributed by atoms with Crippen LogP contribution in [0.15, 0.2) is 97.1 Å². The monoisotopic (exact) mass is 464 g/mol. The van der Waals surface area contributed by atoms with Crippen molar-refractivity contribution in [2.45, 2.75) is 6.42 Å². The number of anilines is 1. The van der Waals surface area contributed by atoms with Crippen LogP contribution in [0, 0.1) is 0 Å². The minimum atomic E-state index is -0.280. The van der Waals surface area contributed by atoms with E-state index in [1.807, 2.05) is 91.0 Å². The minimum Gasteiger partial charge on any atom is -0.481 e. The molecular formula is C28H24N4O3. The van der Waals surface area contributed by atoms with Crippen LogP contribution in [-0.4, -0.2) is 39.2 Å². The van der Waals surface area contributed by atoms with E-state index in [0.29, 0.717) is 23.5 Å². The molecule has 174 valence electrons. The number of benzene rings is 4. The molecule has 0 bridgehead atoms. The summed E-state index contributed by atoms with van der Waals surface area (Å²) in [6, 6.07) is 30.6. The van der Waals surface area contributed by atoms with Crippen LogP contribution in [0.2, 0.25) is 0 Å². The van der Waals surface area contributed by atoms with E-state index >= 15 is 0 Å². The predicted molar refractivity (Wildman–Crippen MR) is 136 cm³/mol. The molecule has 2 N–H and O–H groups in total. The summed E-state index contributed by atoms with van der Waals surface area (Å²) in [5.41, 5.74) is 5.68. The number of fused-ring (bicyclic) bond motifs is 1. The fraction of sp³-hybridized carbons (Fsp3) is 0.107. The molecule has 7 nitrogen and oxygen atoms in total. The summed E-state index contributed by atoms with van der Waals surface area (Å²) in [5.74, 6) is 0.191. The standard InChI is InChI=1S/C28H24N4O3/c33-17-16-20-14-15-27(26(18-20)32-30-24-12-6-7-13-25(24)31-32)35-19-28(34)29-23-11-5-4-10-22(23)21-8-2-1-3-9-21/h1-15,18,33H,16-17,19H2,(H,29,34). The second kappa shape index (κ2) is 10.2. The van der Waals surface area contributed by atoms with E-state index in [1.54, 1.807) is 6.07 Å². The second-order valence-electron chi connectivity index (χ2n) is 8.00. The molecular weight excluding hydrogens is 440 g/mol. The quantitative estimate of drug-likeness (QED) is 0.349. The fourth-order valence-corrected chi connectivity index (χ4v) is 3.88. The van der Waals surface area contributed by atoms with Gasteiger partial charge in [-0.05, 0) is 47.9 Å². The van der Waals surface area contributed by atoms with Gasteiger partial charge in [0.05, 0.1) is 0 Å². The molecule has 1 aromatic heterocycles. The van der Waals surface area contributed by atoms with E-state index in [9.17, 15) is 9.90 Å². The Morgan fingerprint density at radius 2 is 1.54 bits per heavy atom. The molecule has 5 aromatic rings. The first kappa shape index (κ1) is 22.3. The molecule has 0 aliphatic carbocycles. The average molecular weight is 465 g/mol. The molecule has 0 saturated carbocycles. The number of hydrogen-bond donors (Lipinski definition) is 2. The van der Waals surface area contributed by atoms with Crippen LogP contribution >= 0.6 is 0 Å². The number of hydrogen-bond acceptors (Lipinski definition) is 5. The van der Waals surface area contributed by atoms with Gasteiger partial charge >= 0.3 is 0 Å². The average Bonchev–Trinajstić information content (AvgIpc) is 3.33. The van der Waals surface area contributed by atoms with Crippen molar-refractivity contribution >= 4 is 22.6 Å². The van der Waals surface area contributed by atoms with Gasteiger partial charge in [-0.3, -0.25) is 4.79 Å². The van der Waals surface area contributed by atoms with Gasteiger partial charge in [-0.25, -0.2) is 0 Å². The molecule has 0 aliphatic rings. The Balaban J connectivity index is 1.37. The SMILES string of the molecule is O=C(COc1ccc(CCO)cc1-n1nc2ccccc2n1)Nc1ccccc1-c1ccccc1. The van der Waals surface area contributed by atoms with E-state index in [4.69, 9.17) is 4.74 Å². The zero-order valence-electron chi connectivity index (χ0n) is 19.0. The first-order chi connectivity index (χ1) is 17.2. The third-order valence-electron chi connectivity index (χ3n) is 5.57. The van der Waals surface area contributed by atoms with Crippen LogP contribution in [0.5, 0.6) is 5.75 Å². The Kier molecular flexibility index (Phi) is 6.50. The maximum atomic E-state index is 12.8. The molecule has 0 saturated heterocycles. The van der Waals surface area contributed by atoms with E-state index in [0.717, 1.165) is 27.7 Å². The van der Waals surface area contributed by atoms with Crippen LogP contribution < -0.4 is 10.1 Å². The molecule has 0 fully saturated rings. The van der Waals surface area contributed by atoms with Crippen molar-refractivity contribution in [2.24, 2.45) is 0 Å². The number of amides is 1. The van der Waals surface area contributed by atoms with Gasteiger partial charge in [0, 0.05) is 17.9 Å². The summed E-state index contributed by atoms with van der Waals surface area (Å²) in [4.78, 5) is 14.3. The van der Waals surface area contributed by atoms with E-state index in [1.165, 1.54) is 4.80 Å². The summed E-state index contributed by atoms with van der Waals surface area (Å²) in [5, 5.41) is 21.4. The summed E-state index contributed by atoms with van der Waals surface area (Å²) in [6.07, 6.45) is 0.491. The molecule has 0 unspecified atom stereocenters. The summed E-state index contributed by atoms with van der Waals surface area (Å²) < 4.78 is 5.92. The van der Waals surface area contributed by atoms with Crippen LogP contribution in [0.4, 0.5) is 5.69 Å². The third-order valence-corrected chi connectivity index (χ3v) is 5.57. The Morgan fingerprint density at radius 3 is 2.29 bits per heavy atom. The summed E-state index contributed by atoms with van der Waals surface area (Å²) >= 11 is 0. The highest BCUT2D eigenvalue weighted by Crippen LogP contribution is 2.28. The Labute approximate surface area is 202 Å². The molecule has 4 aromatic carbocycles. The number of nitrogens with one attached hydrogen (secondary N) is 1. The normalized spacial score (nSPS) is 10.9. The van der Waals surface area contributed by atoms with Gasteiger partial charge in [-0.1, -0.05) is 66.7 Å². The fourth-order valence-electron chi connectivity index (χ4n) is 3.88. The van der Waals surface area contributed by atoms with Gasteiger partial charge < -0.3 is 15.2 Å². The zero-order valence-corrected chi connectivity index (χ0v) is 19.0. The third kappa shape index (κ3) is 5.05. The van der Waals surface area contributed by atoms with Gasteiger partial charge in [-0.15, -0.1) is 15.0 Å². The minimum absolute atomic E-state index is 0.0252. The Hall–Kier alpha value is -4.49. The first-order valence-corrected chi connectivity index (χ1v) is 11.3. The van der Waals surface area contributed by atoms with Gasteiger partial charge in [-0.2, -0.15) is 0 Å². The lowest BCUT2D eigenvalue weighted by molar-refractivity contribution is -0.118. The lowest BCUT2D eigenvalue weighted by atomic mass is 10.0. The van der Waals surface area contributed by atoms with Crippen molar-refractivity contribution in [3.63, 3.8) is 0 Å². The topological polar surface area (TPSA) is 89.3 Å². The van der Waals surface area contributed by atoms with Crippen LogP contribution in [0.1, 0.15) is 5.56 Å². The number of aliphatic hydroxyl groups excluding tert-OH is 1. The molecule has 0 radical (unpaired) electrons. The molecule has 0 atom stereocenters.